The third-order valence-electron chi connectivity index (χ3n) is 3.23. The highest BCUT2D eigenvalue weighted by Gasteiger charge is 2.48. The average molecular weight is 277 g/mol. The molecule has 1 heterocycles. The molecule has 1 aromatic rings. The number of rotatable bonds is 4. The molecule has 2 rings (SSSR count). The van der Waals surface area contributed by atoms with Crippen molar-refractivity contribution in [2.75, 3.05) is 13.7 Å². The van der Waals surface area contributed by atoms with Crippen LogP contribution >= 0.6 is 0 Å². The normalized spacial score (nSPS) is 16.9. The fraction of sp³-hybridized carbons (Fsp3) is 0.538. The van der Waals surface area contributed by atoms with Crippen molar-refractivity contribution < 1.29 is 22.3 Å². The molecule has 1 atom stereocenters. The molecule has 1 aromatic carbocycles. The number of nitrogens with one attached hydrogen (secondary N) is 1. The summed E-state index contributed by atoms with van der Waals surface area (Å²) in [4.78, 5) is 0. The van der Waals surface area contributed by atoms with Crippen molar-refractivity contribution in [3.05, 3.63) is 29.3 Å². The Hall–Kier alpha value is -1.30. The van der Waals surface area contributed by atoms with E-state index in [-0.39, 0.29) is 5.56 Å². The van der Waals surface area contributed by atoms with E-state index in [1.165, 1.54) is 19.2 Å². The molecule has 0 amide bonds. The standard InChI is InChI=1S/C13H15F4NO/c1-18-11(13(16,17)12(14)15)9-4-5-10-8(7-9)3-2-6-19-10/h4-5,7,11-12,18H,2-3,6H2,1H3. The van der Waals surface area contributed by atoms with Gasteiger partial charge in [0.1, 0.15) is 11.8 Å². The zero-order chi connectivity index (χ0) is 14.0. The summed E-state index contributed by atoms with van der Waals surface area (Å²) < 4.78 is 57.3. The highest BCUT2D eigenvalue weighted by atomic mass is 19.3. The van der Waals surface area contributed by atoms with Gasteiger partial charge in [-0.2, -0.15) is 8.78 Å². The molecule has 0 spiro atoms. The summed E-state index contributed by atoms with van der Waals surface area (Å²) in [5, 5.41) is 2.28. The van der Waals surface area contributed by atoms with E-state index in [1.807, 2.05) is 0 Å². The van der Waals surface area contributed by atoms with Gasteiger partial charge in [-0.25, -0.2) is 8.78 Å². The molecular weight excluding hydrogens is 262 g/mol. The number of hydrogen-bond acceptors (Lipinski definition) is 2. The van der Waals surface area contributed by atoms with Gasteiger partial charge in [-0.1, -0.05) is 12.1 Å². The monoisotopic (exact) mass is 277 g/mol. The summed E-state index contributed by atoms with van der Waals surface area (Å²) in [6.07, 6.45) is -2.21. The second-order valence-corrected chi connectivity index (χ2v) is 4.52. The maximum absolute atomic E-state index is 13.5. The first-order chi connectivity index (χ1) is 8.96. The zero-order valence-corrected chi connectivity index (χ0v) is 10.4. The molecule has 19 heavy (non-hydrogen) atoms. The van der Waals surface area contributed by atoms with Crippen LogP contribution in [0.25, 0.3) is 0 Å². The fourth-order valence-corrected chi connectivity index (χ4v) is 2.27. The third kappa shape index (κ3) is 2.68. The van der Waals surface area contributed by atoms with E-state index in [0.29, 0.717) is 18.8 Å². The molecule has 0 bridgehead atoms. The zero-order valence-electron chi connectivity index (χ0n) is 10.4. The molecule has 0 saturated heterocycles. The largest absolute Gasteiger partial charge is 0.493 e. The number of benzene rings is 1. The maximum Gasteiger partial charge on any atom is 0.326 e. The molecule has 1 aliphatic heterocycles. The molecule has 0 aromatic heterocycles. The molecule has 1 aliphatic rings. The van der Waals surface area contributed by atoms with Gasteiger partial charge >= 0.3 is 12.3 Å². The Morgan fingerprint density at radius 2 is 2.05 bits per heavy atom. The van der Waals surface area contributed by atoms with Crippen molar-refractivity contribution in [3.8, 4) is 5.75 Å². The van der Waals surface area contributed by atoms with Gasteiger partial charge in [-0.05, 0) is 37.1 Å². The smallest absolute Gasteiger partial charge is 0.326 e. The van der Waals surface area contributed by atoms with Crippen LogP contribution in [-0.2, 0) is 6.42 Å². The number of aryl methyl sites for hydroxylation is 1. The highest BCUT2D eigenvalue weighted by molar-refractivity contribution is 5.40. The van der Waals surface area contributed by atoms with Crippen molar-refractivity contribution in [3.63, 3.8) is 0 Å². The number of ether oxygens (including phenoxy) is 1. The lowest BCUT2D eigenvalue weighted by Crippen LogP contribution is -2.41. The minimum atomic E-state index is -4.11. The van der Waals surface area contributed by atoms with Gasteiger partial charge in [0, 0.05) is 0 Å². The summed E-state index contributed by atoms with van der Waals surface area (Å²) in [5.41, 5.74) is 0.936. The highest BCUT2D eigenvalue weighted by Crippen LogP contribution is 2.38. The molecular formula is C13H15F4NO. The first-order valence-corrected chi connectivity index (χ1v) is 6.05. The van der Waals surface area contributed by atoms with Crippen LogP contribution in [0.4, 0.5) is 17.6 Å². The second kappa shape index (κ2) is 5.36. The number of fused-ring (bicyclic) bond motifs is 1. The van der Waals surface area contributed by atoms with Crippen molar-refractivity contribution in [1.82, 2.24) is 5.32 Å². The third-order valence-corrected chi connectivity index (χ3v) is 3.23. The molecule has 0 radical (unpaired) electrons. The van der Waals surface area contributed by atoms with Crippen molar-refractivity contribution in [1.29, 1.82) is 0 Å². The minimum absolute atomic E-state index is 0.150. The van der Waals surface area contributed by atoms with Crippen LogP contribution in [0.3, 0.4) is 0 Å². The van der Waals surface area contributed by atoms with E-state index >= 15 is 0 Å². The molecule has 0 aliphatic carbocycles. The first kappa shape index (κ1) is 14.1. The number of halogens is 4. The van der Waals surface area contributed by atoms with Crippen LogP contribution in [0, 0.1) is 0 Å². The quantitative estimate of drug-likeness (QED) is 0.853. The van der Waals surface area contributed by atoms with Crippen LogP contribution in [0.1, 0.15) is 23.6 Å². The minimum Gasteiger partial charge on any atom is -0.493 e. The molecule has 2 nitrogen and oxygen atoms in total. The maximum atomic E-state index is 13.5. The van der Waals surface area contributed by atoms with Gasteiger partial charge < -0.3 is 10.1 Å². The lowest BCUT2D eigenvalue weighted by Gasteiger charge is -2.27. The topological polar surface area (TPSA) is 21.3 Å². The predicted molar refractivity (Wildman–Crippen MR) is 63.0 cm³/mol. The molecule has 6 heteroatoms. The summed E-state index contributed by atoms with van der Waals surface area (Å²) in [6, 6.07) is 2.78. The van der Waals surface area contributed by atoms with Crippen LogP contribution in [0.5, 0.6) is 5.75 Å². The Morgan fingerprint density at radius 1 is 1.32 bits per heavy atom. The van der Waals surface area contributed by atoms with E-state index in [1.54, 1.807) is 6.07 Å². The number of hydrogen-bond donors (Lipinski definition) is 1. The summed E-state index contributed by atoms with van der Waals surface area (Å²) in [7, 11) is 1.25. The van der Waals surface area contributed by atoms with Crippen molar-refractivity contribution in [2.24, 2.45) is 0 Å². The first-order valence-electron chi connectivity index (χ1n) is 6.05. The van der Waals surface area contributed by atoms with Gasteiger partial charge in [0.05, 0.1) is 6.61 Å². The Morgan fingerprint density at radius 3 is 2.68 bits per heavy atom. The van der Waals surface area contributed by atoms with Gasteiger partial charge in [-0.15, -0.1) is 0 Å². The Bertz CT molecular complexity index is 450. The van der Waals surface area contributed by atoms with E-state index in [9.17, 15) is 17.6 Å². The summed E-state index contributed by atoms with van der Waals surface area (Å²) in [6.45, 7) is 0.592. The summed E-state index contributed by atoms with van der Waals surface area (Å²) in [5.74, 6) is -3.47. The summed E-state index contributed by atoms with van der Waals surface area (Å²) >= 11 is 0. The fourth-order valence-electron chi connectivity index (χ4n) is 2.27. The molecule has 0 saturated carbocycles. The van der Waals surface area contributed by atoms with E-state index < -0.39 is 18.4 Å². The second-order valence-electron chi connectivity index (χ2n) is 4.52. The lowest BCUT2D eigenvalue weighted by molar-refractivity contribution is -0.150. The lowest BCUT2D eigenvalue weighted by atomic mass is 9.96. The van der Waals surface area contributed by atoms with E-state index in [0.717, 1.165) is 12.0 Å². The molecule has 106 valence electrons. The van der Waals surface area contributed by atoms with Crippen LogP contribution in [0.15, 0.2) is 18.2 Å². The van der Waals surface area contributed by atoms with Gasteiger partial charge in [0.25, 0.3) is 0 Å². The Balaban J connectivity index is 2.34. The van der Waals surface area contributed by atoms with Crippen LogP contribution in [-0.4, -0.2) is 26.0 Å². The molecule has 1 unspecified atom stereocenters. The van der Waals surface area contributed by atoms with Gasteiger partial charge in [0.15, 0.2) is 0 Å². The predicted octanol–water partition coefficient (Wildman–Crippen LogP) is 3.17. The van der Waals surface area contributed by atoms with Crippen LogP contribution in [0.2, 0.25) is 0 Å². The molecule has 0 fully saturated rings. The van der Waals surface area contributed by atoms with Crippen molar-refractivity contribution >= 4 is 0 Å². The van der Waals surface area contributed by atoms with E-state index in [2.05, 4.69) is 5.32 Å². The van der Waals surface area contributed by atoms with Gasteiger partial charge in [0.2, 0.25) is 0 Å². The Kier molecular flexibility index (Phi) is 3.99. The Labute approximate surface area is 108 Å². The van der Waals surface area contributed by atoms with Crippen LogP contribution < -0.4 is 10.1 Å². The SMILES string of the molecule is CNC(c1ccc2c(c1)CCCO2)C(F)(F)C(F)F. The van der Waals surface area contributed by atoms with Gasteiger partial charge in [-0.3, -0.25) is 0 Å². The average Bonchev–Trinajstić information content (AvgIpc) is 2.39. The molecule has 1 N–H and O–H groups in total. The van der Waals surface area contributed by atoms with E-state index in [4.69, 9.17) is 4.74 Å². The number of alkyl halides is 4. The van der Waals surface area contributed by atoms with Crippen molar-refractivity contribution in [2.45, 2.75) is 31.2 Å².